The van der Waals surface area contributed by atoms with E-state index in [-0.39, 0.29) is 18.1 Å². The Bertz CT molecular complexity index is 1350. The van der Waals surface area contributed by atoms with Crippen LogP contribution in [0.4, 0.5) is 11.6 Å². The number of carbonyl (C=O) groups excluding carboxylic acids is 2. The largest absolute Gasteiger partial charge is 0.348 e. The van der Waals surface area contributed by atoms with E-state index < -0.39 is 0 Å². The Balaban J connectivity index is 1.44. The molecule has 0 atom stereocenters. The third-order valence-electron chi connectivity index (χ3n) is 5.45. The summed E-state index contributed by atoms with van der Waals surface area (Å²) < 4.78 is 0. The number of aryl methyl sites for hydroxylation is 1. The van der Waals surface area contributed by atoms with Gasteiger partial charge in [0.2, 0.25) is 11.9 Å². The summed E-state index contributed by atoms with van der Waals surface area (Å²) in [7, 11) is 0. The molecule has 0 saturated carbocycles. The number of hydrogen-bond donors (Lipinski definition) is 2. The molecule has 4 rings (SSSR count). The quantitative estimate of drug-likeness (QED) is 0.273. The molecule has 0 aliphatic rings. The van der Waals surface area contributed by atoms with E-state index in [2.05, 4.69) is 32.2 Å². The molecule has 2 heterocycles. The van der Waals surface area contributed by atoms with E-state index >= 15 is 0 Å². The fraction of sp³-hybridized carbons (Fsp3) is 0.107. The van der Waals surface area contributed by atoms with E-state index in [4.69, 9.17) is 0 Å². The minimum Gasteiger partial charge on any atom is -0.348 e. The number of ketones is 1. The molecule has 1 amide bonds. The van der Waals surface area contributed by atoms with Crippen molar-refractivity contribution in [1.29, 1.82) is 0 Å². The Morgan fingerprint density at radius 3 is 2.54 bits per heavy atom. The van der Waals surface area contributed by atoms with Gasteiger partial charge in [-0.25, -0.2) is 9.97 Å². The number of hydrogen-bond acceptors (Lipinski definition) is 6. The third-order valence-corrected chi connectivity index (χ3v) is 5.45. The number of amides is 1. The number of anilines is 2. The summed E-state index contributed by atoms with van der Waals surface area (Å²) in [6, 6.07) is 18.8. The first kappa shape index (κ1) is 23.5. The van der Waals surface area contributed by atoms with Gasteiger partial charge in [0.05, 0.1) is 5.69 Å². The van der Waals surface area contributed by atoms with Gasteiger partial charge in [-0.3, -0.25) is 14.6 Å². The molecule has 0 aliphatic carbocycles. The highest BCUT2D eigenvalue weighted by atomic mass is 16.1. The Hall–Kier alpha value is -4.65. The Morgan fingerprint density at radius 2 is 1.80 bits per heavy atom. The van der Waals surface area contributed by atoms with Crippen LogP contribution < -0.4 is 10.6 Å². The molecule has 0 spiro atoms. The molecule has 7 heteroatoms. The van der Waals surface area contributed by atoms with E-state index in [1.54, 1.807) is 30.7 Å². The summed E-state index contributed by atoms with van der Waals surface area (Å²) in [5.41, 5.74) is 5.94. The maximum Gasteiger partial charge on any atom is 0.243 e. The van der Waals surface area contributed by atoms with Gasteiger partial charge in [0.1, 0.15) is 0 Å². The van der Waals surface area contributed by atoms with Crippen molar-refractivity contribution >= 4 is 23.3 Å². The topological polar surface area (TPSA) is 96.9 Å². The summed E-state index contributed by atoms with van der Waals surface area (Å²) in [6.45, 7) is 5.81. The number of carbonyl (C=O) groups is 2. The fourth-order valence-corrected chi connectivity index (χ4v) is 3.49. The molecule has 0 saturated heterocycles. The zero-order chi connectivity index (χ0) is 24.6. The van der Waals surface area contributed by atoms with Gasteiger partial charge >= 0.3 is 0 Å². The van der Waals surface area contributed by atoms with E-state index in [1.807, 2.05) is 55.5 Å². The van der Waals surface area contributed by atoms with Crippen LogP contribution in [-0.2, 0) is 17.8 Å². The molecule has 7 nitrogen and oxygen atoms in total. The van der Waals surface area contributed by atoms with Crippen molar-refractivity contribution in [3.63, 3.8) is 0 Å². The molecule has 0 aliphatic heterocycles. The van der Waals surface area contributed by atoms with Crippen molar-refractivity contribution in [1.82, 2.24) is 20.3 Å². The number of pyridine rings is 1. The number of aromatic nitrogens is 3. The van der Waals surface area contributed by atoms with Gasteiger partial charge in [0.25, 0.3) is 0 Å². The maximum atomic E-state index is 12.9. The first-order valence-electron chi connectivity index (χ1n) is 11.1. The Kier molecular flexibility index (Phi) is 7.37. The summed E-state index contributed by atoms with van der Waals surface area (Å²) in [6.07, 6.45) is 6.67. The van der Waals surface area contributed by atoms with Crippen LogP contribution in [-0.4, -0.2) is 26.6 Å². The van der Waals surface area contributed by atoms with Gasteiger partial charge in [-0.1, -0.05) is 43.0 Å². The van der Waals surface area contributed by atoms with Crippen LogP contribution in [0.15, 0.2) is 91.9 Å². The molecule has 0 fully saturated rings. The molecule has 4 aromatic rings. The zero-order valence-corrected chi connectivity index (χ0v) is 19.4. The predicted octanol–water partition coefficient (Wildman–Crippen LogP) is 4.82. The van der Waals surface area contributed by atoms with E-state index in [0.717, 1.165) is 33.6 Å². The van der Waals surface area contributed by atoms with Crippen molar-refractivity contribution in [3.05, 3.63) is 114 Å². The number of benzene rings is 2. The lowest BCUT2D eigenvalue weighted by molar-refractivity contribution is -0.116. The number of nitrogens with zero attached hydrogens (tertiary/aromatic N) is 3. The lowest BCUT2D eigenvalue weighted by atomic mass is 10.00. The molecule has 0 radical (unpaired) electrons. The minimum atomic E-state index is -0.233. The van der Waals surface area contributed by atoms with Crippen LogP contribution in [0.2, 0.25) is 0 Å². The van der Waals surface area contributed by atoms with Gasteiger partial charge < -0.3 is 10.6 Å². The molecule has 2 aromatic heterocycles. The Morgan fingerprint density at radius 1 is 1.00 bits per heavy atom. The molecule has 2 N–H and O–H groups in total. The van der Waals surface area contributed by atoms with Gasteiger partial charge in [0.15, 0.2) is 5.78 Å². The highest BCUT2D eigenvalue weighted by Crippen LogP contribution is 2.23. The van der Waals surface area contributed by atoms with Gasteiger partial charge in [-0.15, -0.1) is 0 Å². The maximum absolute atomic E-state index is 12.9. The molecular weight excluding hydrogens is 438 g/mol. The average Bonchev–Trinajstić information content (AvgIpc) is 2.90. The first-order chi connectivity index (χ1) is 17.0. The number of rotatable bonds is 9. The summed E-state index contributed by atoms with van der Waals surface area (Å²) in [5.74, 6) is 0.247. The number of nitrogens with one attached hydrogen (secondary N) is 2. The van der Waals surface area contributed by atoms with Crippen LogP contribution in [0.1, 0.15) is 27.0 Å². The van der Waals surface area contributed by atoms with E-state index in [1.165, 1.54) is 6.08 Å². The van der Waals surface area contributed by atoms with Gasteiger partial charge in [0, 0.05) is 48.4 Å². The van der Waals surface area contributed by atoms with Crippen molar-refractivity contribution in [3.8, 4) is 11.3 Å². The lowest BCUT2D eigenvalue weighted by Gasteiger charge is -2.11. The van der Waals surface area contributed by atoms with Crippen molar-refractivity contribution in [2.24, 2.45) is 0 Å². The fourth-order valence-electron chi connectivity index (χ4n) is 3.49. The normalized spacial score (nSPS) is 10.4. The monoisotopic (exact) mass is 463 g/mol. The summed E-state index contributed by atoms with van der Waals surface area (Å²) in [4.78, 5) is 37.3. The molecule has 2 aromatic carbocycles. The first-order valence-corrected chi connectivity index (χ1v) is 11.1. The predicted molar refractivity (Wildman–Crippen MR) is 136 cm³/mol. The highest BCUT2D eigenvalue weighted by Gasteiger charge is 2.10. The van der Waals surface area contributed by atoms with E-state index in [9.17, 15) is 9.59 Å². The second kappa shape index (κ2) is 11.0. The van der Waals surface area contributed by atoms with Gasteiger partial charge in [-0.05, 0) is 54.0 Å². The van der Waals surface area contributed by atoms with Crippen LogP contribution in [0.3, 0.4) is 0 Å². The van der Waals surface area contributed by atoms with E-state index in [0.29, 0.717) is 18.1 Å². The van der Waals surface area contributed by atoms with Gasteiger partial charge in [-0.2, -0.15) is 0 Å². The third kappa shape index (κ3) is 6.23. The smallest absolute Gasteiger partial charge is 0.243 e. The standard InChI is InChI=1S/C28H25N5O2/c1-3-27(35)31-17-20-8-10-22(11-9-20)26(34)16-21-7-6-19(2)25(15-21)33-28-30-14-12-24(32-28)23-5-4-13-29-18-23/h3-15,18H,1,16-17H2,2H3,(H,31,35)(H,30,32,33). The molecule has 0 unspecified atom stereocenters. The van der Waals surface area contributed by atoms with Crippen LogP contribution in [0.25, 0.3) is 11.3 Å². The SMILES string of the molecule is C=CC(=O)NCc1ccc(C(=O)Cc2ccc(C)c(Nc3nccc(-c4cccnc4)n3)c2)cc1. The Labute approximate surface area is 204 Å². The van der Waals surface area contributed by atoms with Crippen LogP contribution in [0, 0.1) is 6.92 Å². The average molecular weight is 464 g/mol. The number of Topliss-reactive ketones (excluding diaryl/α,β-unsaturated/α-hetero) is 1. The van der Waals surface area contributed by atoms with Crippen LogP contribution >= 0.6 is 0 Å². The second-order valence-electron chi connectivity index (χ2n) is 8.00. The van der Waals surface area contributed by atoms with Crippen molar-refractivity contribution in [2.75, 3.05) is 5.32 Å². The molecule has 0 bridgehead atoms. The summed E-state index contributed by atoms with van der Waals surface area (Å²) >= 11 is 0. The second-order valence-corrected chi connectivity index (χ2v) is 8.00. The summed E-state index contributed by atoms with van der Waals surface area (Å²) in [5, 5.41) is 5.99. The highest BCUT2D eigenvalue weighted by molar-refractivity contribution is 5.97. The zero-order valence-electron chi connectivity index (χ0n) is 19.4. The minimum absolute atomic E-state index is 0.0105. The lowest BCUT2D eigenvalue weighted by Crippen LogP contribution is -2.19. The van der Waals surface area contributed by atoms with Crippen molar-refractivity contribution < 1.29 is 9.59 Å². The van der Waals surface area contributed by atoms with Crippen molar-refractivity contribution in [2.45, 2.75) is 19.9 Å². The van der Waals surface area contributed by atoms with Crippen LogP contribution in [0.5, 0.6) is 0 Å². The molecule has 35 heavy (non-hydrogen) atoms. The molecule has 174 valence electrons. The molecular formula is C28H25N5O2.